The summed E-state index contributed by atoms with van der Waals surface area (Å²) in [5.74, 6) is 2.76. The largest absolute Gasteiger partial charge is 0.496 e. The van der Waals surface area contributed by atoms with Crippen LogP contribution in [0.1, 0.15) is 89.2 Å². The van der Waals surface area contributed by atoms with E-state index in [1.165, 1.54) is 11.1 Å². The molecule has 0 radical (unpaired) electrons. The molecule has 2 aliphatic carbocycles. The van der Waals surface area contributed by atoms with E-state index in [9.17, 15) is 4.79 Å². The van der Waals surface area contributed by atoms with Crippen LogP contribution >= 0.6 is 0 Å². The number of aromatic nitrogens is 4. The van der Waals surface area contributed by atoms with Gasteiger partial charge >= 0.3 is 0 Å². The van der Waals surface area contributed by atoms with E-state index in [2.05, 4.69) is 90.6 Å². The van der Waals surface area contributed by atoms with Gasteiger partial charge in [-0.3, -0.25) is 4.79 Å². The zero-order valence-electron chi connectivity index (χ0n) is 27.7. The summed E-state index contributed by atoms with van der Waals surface area (Å²) in [5.41, 5.74) is 4.37. The topological polar surface area (TPSA) is 93.2 Å². The van der Waals surface area contributed by atoms with Crippen molar-refractivity contribution < 1.29 is 14.0 Å². The van der Waals surface area contributed by atoms with E-state index in [-0.39, 0.29) is 23.0 Å². The highest BCUT2D eigenvalue weighted by molar-refractivity contribution is 6.74. The lowest BCUT2D eigenvalue weighted by atomic mass is 9.78. The number of amides is 1. The van der Waals surface area contributed by atoms with Gasteiger partial charge in [0.25, 0.3) is 0 Å². The van der Waals surface area contributed by atoms with Gasteiger partial charge in [0, 0.05) is 29.8 Å². The minimum absolute atomic E-state index is 0.0155. The van der Waals surface area contributed by atoms with E-state index in [1.807, 2.05) is 18.2 Å². The van der Waals surface area contributed by atoms with Gasteiger partial charge in [-0.05, 0) is 123 Å². The fourth-order valence-corrected chi connectivity index (χ4v) is 8.18. The first kappa shape index (κ1) is 32.4. The number of rotatable bonds is 9. The maximum atomic E-state index is 14.3. The van der Waals surface area contributed by atoms with Gasteiger partial charge in [-0.25, -0.2) is 0 Å². The van der Waals surface area contributed by atoms with E-state index < -0.39 is 8.32 Å². The van der Waals surface area contributed by atoms with Gasteiger partial charge in [0.15, 0.2) is 8.32 Å². The zero-order valence-corrected chi connectivity index (χ0v) is 28.7. The molecule has 0 spiro atoms. The number of ether oxygens (including phenoxy) is 1. The molecule has 1 aromatic heterocycles. The van der Waals surface area contributed by atoms with Crippen LogP contribution in [0.3, 0.4) is 0 Å². The Hall–Kier alpha value is -3.04. The van der Waals surface area contributed by atoms with Crippen molar-refractivity contribution >= 4 is 19.9 Å². The summed E-state index contributed by atoms with van der Waals surface area (Å²) in [6.07, 6.45) is 8.40. The lowest BCUT2D eigenvalue weighted by Crippen LogP contribution is -2.46. The predicted octanol–water partition coefficient (Wildman–Crippen LogP) is 8.07. The fraction of sp³-hybridized carbons (Fsp3) is 0.600. The molecule has 1 heterocycles. The number of benzene rings is 2. The predicted molar refractivity (Wildman–Crippen MR) is 178 cm³/mol. The van der Waals surface area contributed by atoms with Crippen molar-refractivity contribution in [3.05, 3.63) is 53.6 Å². The Labute approximate surface area is 264 Å². The van der Waals surface area contributed by atoms with Crippen molar-refractivity contribution in [3.8, 4) is 17.1 Å². The Morgan fingerprint density at radius 2 is 1.73 bits per heavy atom. The standard InChI is InChI=1S/C35H51N5O3Si/c1-24-21-28(17-20-32(24)42-5)26-13-11-25(12-14-26)23-40(30-10-8-9-29(22-30)33-36-38-39-37-33)34(41)27-15-18-31(19-16-27)43-44(6,7)35(2,3)4/h8-10,17,20-22,25-27,31H,11-16,18-19,23H2,1-7H3,(H,36,37,38,39)/t25-,26-,27-,31-. The van der Waals surface area contributed by atoms with Crippen molar-refractivity contribution in [2.45, 2.75) is 109 Å². The second kappa shape index (κ2) is 13.5. The molecule has 0 saturated heterocycles. The van der Waals surface area contributed by atoms with Crippen LogP contribution in [0.25, 0.3) is 11.4 Å². The molecule has 2 saturated carbocycles. The van der Waals surface area contributed by atoms with Gasteiger partial charge < -0.3 is 14.1 Å². The van der Waals surface area contributed by atoms with Gasteiger partial charge in [0.1, 0.15) is 5.75 Å². The molecule has 2 aromatic carbocycles. The highest BCUT2D eigenvalue weighted by atomic mass is 28.4. The lowest BCUT2D eigenvalue weighted by molar-refractivity contribution is -0.124. The smallest absolute Gasteiger partial charge is 0.230 e. The SMILES string of the molecule is COc1ccc([C@H]2CC[C@H](CN(c3cccc(-c4nn[nH]n4)c3)C(=O)[C@H]3CC[C@H](O[Si](C)(C)C(C)(C)C)CC3)CC2)cc1C. The molecule has 2 fully saturated rings. The molecule has 44 heavy (non-hydrogen) atoms. The molecule has 3 aromatic rings. The number of methoxy groups -OCH3 is 1. The van der Waals surface area contributed by atoms with Gasteiger partial charge in [-0.2, -0.15) is 5.21 Å². The highest BCUT2D eigenvalue weighted by Crippen LogP contribution is 2.41. The Kier molecular flexibility index (Phi) is 9.95. The molecule has 238 valence electrons. The monoisotopic (exact) mass is 617 g/mol. The number of hydrogen-bond donors (Lipinski definition) is 1. The van der Waals surface area contributed by atoms with Crippen LogP contribution in [0.5, 0.6) is 5.75 Å². The number of H-pyrrole nitrogens is 1. The summed E-state index contributed by atoms with van der Waals surface area (Å²) in [6.45, 7) is 14.4. The van der Waals surface area contributed by atoms with Crippen LogP contribution in [-0.2, 0) is 9.22 Å². The summed E-state index contributed by atoms with van der Waals surface area (Å²) in [7, 11) is -0.109. The Bertz CT molecular complexity index is 1390. The molecular weight excluding hydrogens is 567 g/mol. The van der Waals surface area contributed by atoms with E-state index in [4.69, 9.17) is 9.16 Å². The first-order chi connectivity index (χ1) is 20.9. The number of nitrogens with one attached hydrogen (secondary N) is 1. The number of aromatic amines is 1. The second-order valence-electron chi connectivity index (χ2n) is 14.5. The minimum atomic E-state index is -1.84. The first-order valence-corrected chi connectivity index (χ1v) is 19.3. The lowest BCUT2D eigenvalue weighted by Gasteiger charge is -2.41. The normalized spacial score (nSPS) is 22.9. The number of carbonyl (C=O) groups is 1. The van der Waals surface area contributed by atoms with Crippen LogP contribution in [0, 0.1) is 18.8 Å². The third kappa shape index (κ3) is 7.42. The zero-order chi connectivity index (χ0) is 31.5. The molecule has 0 atom stereocenters. The number of tetrazole rings is 1. The molecule has 1 amide bonds. The highest BCUT2D eigenvalue weighted by Gasteiger charge is 2.41. The minimum Gasteiger partial charge on any atom is -0.496 e. The number of hydrogen-bond acceptors (Lipinski definition) is 6. The molecule has 2 aliphatic rings. The van der Waals surface area contributed by atoms with Crippen molar-refractivity contribution in [3.63, 3.8) is 0 Å². The van der Waals surface area contributed by atoms with Crippen molar-refractivity contribution in [2.24, 2.45) is 11.8 Å². The summed E-state index contributed by atoms with van der Waals surface area (Å²) < 4.78 is 12.2. The number of carbonyl (C=O) groups excluding carboxylic acids is 1. The summed E-state index contributed by atoms with van der Waals surface area (Å²) >= 11 is 0. The second-order valence-corrected chi connectivity index (χ2v) is 19.3. The Morgan fingerprint density at radius 3 is 2.34 bits per heavy atom. The number of nitrogens with zero attached hydrogens (tertiary/aromatic N) is 4. The van der Waals surface area contributed by atoms with Crippen LogP contribution in [-0.4, -0.2) is 54.6 Å². The maximum absolute atomic E-state index is 14.3. The molecule has 8 nitrogen and oxygen atoms in total. The molecule has 1 N–H and O–H groups in total. The number of anilines is 1. The summed E-state index contributed by atoms with van der Waals surface area (Å²) in [4.78, 5) is 16.4. The Morgan fingerprint density at radius 1 is 1.00 bits per heavy atom. The molecule has 0 bridgehead atoms. The van der Waals surface area contributed by atoms with Gasteiger partial charge in [-0.1, -0.05) is 45.0 Å². The van der Waals surface area contributed by atoms with Gasteiger partial charge in [0.05, 0.1) is 7.11 Å². The van der Waals surface area contributed by atoms with E-state index in [0.717, 1.165) is 74.9 Å². The molecular formula is C35H51N5O3Si. The molecule has 9 heteroatoms. The van der Waals surface area contributed by atoms with Crippen LogP contribution < -0.4 is 9.64 Å². The van der Waals surface area contributed by atoms with Crippen LogP contribution in [0.4, 0.5) is 5.69 Å². The van der Waals surface area contributed by atoms with E-state index >= 15 is 0 Å². The average molecular weight is 618 g/mol. The van der Waals surface area contributed by atoms with E-state index in [1.54, 1.807) is 7.11 Å². The van der Waals surface area contributed by atoms with Crippen LogP contribution in [0.2, 0.25) is 18.1 Å². The quantitative estimate of drug-likeness (QED) is 0.244. The first-order valence-electron chi connectivity index (χ1n) is 16.4. The maximum Gasteiger partial charge on any atom is 0.230 e. The van der Waals surface area contributed by atoms with Gasteiger partial charge in [0.2, 0.25) is 11.7 Å². The summed E-state index contributed by atoms with van der Waals surface area (Å²) in [5, 5.41) is 14.8. The molecule has 0 unspecified atom stereocenters. The number of aryl methyl sites for hydroxylation is 1. The Balaban J connectivity index is 1.29. The third-order valence-corrected chi connectivity index (χ3v) is 15.0. The average Bonchev–Trinajstić information content (AvgIpc) is 3.55. The molecule has 0 aliphatic heterocycles. The van der Waals surface area contributed by atoms with Crippen molar-refractivity contribution in [1.29, 1.82) is 0 Å². The molecule has 5 rings (SSSR count). The van der Waals surface area contributed by atoms with E-state index in [0.29, 0.717) is 17.7 Å². The van der Waals surface area contributed by atoms with Crippen molar-refractivity contribution in [2.75, 3.05) is 18.6 Å². The third-order valence-electron chi connectivity index (χ3n) is 10.5. The van der Waals surface area contributed by atoms with Crippen LogP contribution in [0.15, 0.2) is 42.5 Å². The van der Waals surface area contributed by atoms with Crippen molar-refractivity contribution in [1.82, 2.24) is 20.6 Å². The summed E-state index contributed by atoms with van der Waals surface area (Å²) in [6, 6.07) is 14.7. The fourth-order valence-electron chi connectivity index (χ4n) is 6.75. The van der Waals surface area contributed by atoms with Gasteiger partial charge in [-0.15, -0.1) is 10.2 Å².